The summed E-state index contributed by atoms with van der Waals surface area (Å²) in [6.07, 6.45) is 2.47. The standard InChI is InChI=1S/C12H17N7O2/c1-5-8-9(6-18(4)17-8)15-11-10(19(20)21)7(2)14-12(13-3)16-11/h6H,5H2,1-4H3,(H2,13,14,15,16). The van der Waals surface area contributed by atoms with E-state index in [1.807, 2.05) is 6.92 Å². The summed E-state index contributed by atoms with van der Waals surface area (Å²) in [5, 5.41) is 21.3. The molecule has 2 heterocycles. The predicted octanol–water partition coefficient (Wildman–Crippen LogP) is 1.77. The van der Waals surface area contributed by atoms with Gasteiger partial charge in [-0.3, -0.25) is 14.8 Å². The zero-order valence-electron chi connectivity index (χ0n) is 12.3. The fourth-order valence-corrected chi connectivity index (χ4v) is 2.01. The Morgan fingerprint density at radius 3 is 2.71 bits per heavy atom. The van der Waals surface area contributed by atoms with Crippen molar-refractivity contribution < 1.29 is 4.92 Å². The van der Waals surface area contributed by atoms with Gasteiger partial charge in [-0.15, -0.1) is 0 Å². The van der Waals surface area contributed by atoms with E-state index in [2.05, 4.69) is 25.7 Å². The normalized spacial score (nSPS) is 10.5. The molecule has 0 spiro atoms. The van der Waals surface area contributed by atoms with Gasteiger partial charge in [0.15, 0.2) is 0 Å². The Bertz CT molecular complexity index is 680. The van der Waals surface area contributed by atoms with Crippen molar-refractivity contribution in [2.45, 2.75) is 20.3 Å². The zero-order chi connectivity index (χ0) is 15.6. The molecule has 0 aromatic carbocycles. The number of anilines is 3. The van der Waals surface area contributed by atoms with Gasteiger partial charge in [0.25, 0.3) is 0 Å². The van der Waals surface area contributed by atoms with Crippen molar-refractivity contribution in [2.24, 2.45) is 7.05 Å². The van der Waals surface area contributed by atoms with Gasteiger partial charge < -0.3 is 10.6 Å². The van der Waals surface area contributed by atoms with E-state index in [-0.39, 0.29) is 11.5 Å². The highest BCUT2D eigenvalue weighted by Crippen LogP contribution is 2.30. The van der Waals surface area contributed by atoms with Gasteiger partial charge in [0, 0.05) is 20.3 Å². The molecule has 0 aliphatic rings. The maximum atomic E-state index is 11.2. The molecule has 2 rings (SSSR count). The van der Waals surface area contributed by atoms with E-state index in [4.69, 9.17) is 0 Å². The van der Waals surface area contributed by atoms with Crippen LogP contribution in [0.15, 0.2) is 6.20 Å². The molecular formula is C12H17N7O2. The number of nitrogens with zero attached hydrogens (tertiary/aromatic N) is 5. The van der Waals surface area contributed by atoms with Crippen LogP contribution in [0, 0.1) is 17.0 Å². The smallest absolute Gasteiger partial charge is 0.332 e. The number of aryl methyl sites for hydroxylation is 3. The van der Waals surface area contributed by atoms with E-state index in [9.17, 15) is 10.1 Å². The van der Waals surface area contributed by atoms with Gasteiger partial charge in [-0.2, -0.15) is 10.1 Å². The minimum Gasteiger partial charge on any atom is -0.357 e. The van der Waals surface area contributed by atoms with Gasteiger partial charge in [0.05, 0.1) is 16.3 Å². The molecule has 2 aromatic heterocycles. The lowest BCUT2D eigenvalue weighted by Gasteiger charge is -2.09. The quantitative estimate of drug-likeness (QED) is 0.638. The Morgan fingerprint density at radius 1 is 1.43 bits per heavy atom. The van der Waals surface area contributed by atoms with E-state index in [1.165, 1.54) is 0 Å². The van der Waals surface area contributed by atoms with E-state index in [0.717, 1.165) is 5.69 Å². The first-order chi connectivity index (χ1) is 9.96. The predicted molar refractivity (Wildman–Crippen MR) is 78.8 cm³/mol. The van der Waals surface area contributed by atoms with Crippen molar-refractivity contribution in [1.29, 1.82) is 0 Å². The lowest BCUT2D eigenvalue weighted by molar-refractivity contribution is -0.385. The van der Waals surface area contributed by atoms with E-state index >= 15 is 0 Å². The molecule has 2 aromatic rings. The van der Waals surface area contributed by atoms with Gasteiger partial charge >= 0.3 is 5.69 Å². The van der Waals surface area contributed by atoms with Crippen LogP contribution in [-0.4, -0.2) is 31.7 Å². The van der Waals surface area contributed by atoms with Gasteiger partial charge in [-0.1, -0.05) is 6.92 Å². The number of rotatable bonds is 5. The van der Waals surface area contributed by atoms with Crippen LogP contribution in [0.2, 0.25) is 0 Å². The fourth-order valence-electron chi connectivity index (χ4n) is 2.01. The van der Waals surface area contributed by atoms with Crippen molar-refractivity contribution >= 4 is 23.1 Å². The molecule has 0 amide bonds. The fraction of sp³-hybridized carbons (Fsp3) is 0.417. The third-order valence-corrected chi connectivity index (χ3v) is 2.96. The number of hydrogen-bond acceptors (Lipinski definition) is 7. The minimum atomic E-state index is -0.487. The Labute approximate surface area is 121 Å². The van der Waals surface area contributed by atoms with Crippen molar-refractivity contribution in [3.63, 3.8) is 0 Å². The molecule has 2 N–H and O–H groups in total. The molecule has 9 heteroatoms. The second-order valence-electron chi connectivity index (χ2n) is 4.48. The summed E-state index contributed by atoms with van der Waals surface area (Å²) < 4.78 is 1.65. The van der Waals surface area contributed by atoms with Gasteiger partial charge in [0.1, 0.15) is 5.69 Å². The van der Waals surface area contributed by atoms with Crippen LogP contribution in [0.5, 0.6) is 0 Å². The van der Waals surface area contributed by atoms with Crippen molar-refractivity contribution in [3.8, 4) is 0 Å². The molecule has 0 unspecified atom stereocenters. The van der Waals surface area contributed by atoms with Crippen LogP contribution in [0.4, 0.5) is 23.1 Å². The zero-order valence-corrected chi connectivity index (χ0v) is 12.3. The van der Waals surface area contributed by atoms with Gasteiger partial charge in [0.2, 0.25) is 11.8 Å². The van der Waals surface area contributed by atoms with Crippen LogP contribution >= 0.6 is 0 Å². The molecule has 21 heavy (non-hydrogen) atoms. The van der Waals surface area contributed by atoms with Gasteiger partial charge in [-0.25, -0.2) is 4.98 Å². The SMILES string of the molecule is CCc1nn(C)cc1Nc1nc(NC)nc(C)c1[N+](=O)[O-]. The number of hydrogen-bond donors (Lipinski definition) is 2. The Balaban J connectivity index is 2.51. The topological polar surface area (TPSA) is 111 Å². The van der Waals surface area contributed by atoms with Crippen LogP contribution in [0.3, 0.4) is 0 Å². The molecule has 0 radical (unpaired) electrons. The summed E-state index contributed by atoms with van der Waals surface area (Å²) in [6, 6.07) is 0. The molecule has 0 bridgehead atoms. The molecule has 0 saturated carbocycles. The first kappa shape index (κ1) is 14.7. The third kappa shape index (κ3) is 2.91. The first-order valence-corrected chi connectivity index (χ1v) is 6.46. The lowest BCUT2D eigenvalue weighted by Crippen LogP contribution is -2.07. The summed E-state index contributed by atoms with van der Waals surface area (Å²) in [5.74, 6) is 0.474. The van der Waals surface area contributed by atoms with Crippen LogP contribution in [-0.2, 0) is 13.5 Å². The van der Waals surface area contributed by atoms with Crippen LogP contribution in [0.25, 0.3) is 0 Å². The number of aromatic nitrogens is 4. The molecule has 0 aliphatic heterocycles. The highest BCUT2D eigenvalue weighted by Gasteiger charge is 2.23. The van der Waals surface area contributed by atoms with Gasteiger partial charge in [-0.05, 0) is 13.3 Å². The number of nitro groups is 1. The molecule has 0 saturated heterocycles. The third-order valence-electron chi connectivity index (χ3n) is 2.96. The highest BCUT2D eigenvalue weighted by atomic mass is 16.6. The summed E-state index contributed by atoms with van der Waals surface area (Å²) in [4.78, 5) is 18.9. The van der Waals surface area contributed by atoms with E-state index in [1.54, 1.807) is 31.9 Å². The minimum absolute atomic E-state index is 0.139. The molecular weight excluding hydrogens is 274 g/mol. The van der Waals surface area contributed by atoms with Crippen molar-refractivity contribution in [1.82, 2.24) is 19.7 Å². The Hall–Kier alpha value is -2.71. The Kier molecular flexibility index (Phi) is 4.01. The molecule has 0 atom stereocenters. The first-order valence-electron chi connectivity index (χ1n) is 6.46. The maximum absolute atomic E-state index is 11.2. The van der Waals surface area contributed by atoms with E-state index in [0.29, 0.717) is 23.8 Å². The highest BCUT2D eigenvalue weighted by molar-refractivity contribution is 5.69. The molecule has 112 valence electrons. The monoisotopic (exact) mass is 291 g/mol. The van der Waals surface area contributed by atoms with Crippen LogP contribution in [0.1, 0.15) is 18.3 Å². The maximum Gasteiger partial charge on any atom is 0.332 e. The van der Waals surface area contributed by atoms with E-state index < -0.39 is 4.92 Å². The van der Waals surface area contributed by atoms with Crippen molar-refractivity contribution in [2.75, 3.05) is 17.7 Å². The number of nitrogens with one attached hydrogen (secondary N) is 2. The second-order valence-corrected chi connectivity index (χ2v) is 4.48. The average Bonchev–Trinajstić information content (AvgIpc) is 2.77. The van der Waals surface area contributed by atoms with Crippen molar-refractivity contribution in [3.05, 3.63) is 27.7 Å². The lowest BCUT2D eigenvalue weighted by atomic mass is 10.3. The summed E-state index contributed by atoms with van der Waals surface area (Å²) in [6.45, 7) is 3.54. The summed E-state index contributed by atoms with van der Waals surface area (Å²) >= 11 is 0. The average molecular weight is 291 g/mol. The summed E-state index contributed by atoms with van der Waals surface area (Å²) in [5.41, 5.74) is 1.67. The molecule has 0 aliphatic carbocycles. The largest absolute Gasteiger partial charge is 0.357 e. The Morgan fingerprint density at radius 2 is 2.14 bits per heavy atom. The second kappa shape index (κ2) is 5.73. The molecule has 0 fully saturated rings. The molecule has 9 nitrogen and oxygen atoms in total. The van der Waals surface area contributed by atoms with Crippen LogP contribution < -0.4 is 10.6 Å². The summed E-state index contributed by atoms with van der Waals surface area (Å²) in [7, 11) is 3.45.